The van der Waals surface area contributed by atoms with Crippen molar-refractivity contribution >= 4 is 33.2 Å². The van der Waals surface area contributed by atoms with Gasteiger partial charge in [-0.2, -0.15) is 0 Å². The van der Waals surface area contributed by atoms with Crippen LogP contribution in [0.4, 0.5) is 0 Å². The fourth-order valence-corrected chi connectivity index (χ4v) is 4.18. The molecule has 0 amide bonds. The van der Waals surface area contributed by atoms with Crippen molar-refractivity contribution in [2.75, 3.05) is 0 Å². The second kappa shape index (κ2) is 5.78. The van der Waals surface area contributed by atoms with Gasteiger partial charge in [-0.3, -0.25) is 0 Å². The van der Waals surface area contributed by atoms with Crippen molar-refractivity contribution in [3.63, 3.8) is 0 Å². The molecule has 1 aromatic carbocycles. The van der Waals surface area contributed by atoms with Crippen molar-refractivity contribution in [2.45, 2.75) is 37.5 Å². The summed E-state index contributed by atoms with van der Waals surface area (Å²) >= 11 is 11.8. The molecule has 3 nitrogen and oxygen atoms in total. The smallest absolute Gasteiger partial charge is 0.212 e. The van der Waals surface area contributed by atoms with Crippen LogP contribution < -0.4 is 4.72 Å². The minimum Gasteiger partial charge on any atom is -0.212 e. The van der Waals surface area contributed by atoms with E-state index in [1.165, 1.54) is 0 Å². The van der Waals surface area contributed by atoms with E-state index in [1.54, 1.807) is 18.2 Å². The highest BCUT2D eigenvalue weighted by Crippen LogP contribution is 2.25. The molecule has 1 saturated carbocycles. The molecule has 1 fully saturated rings. The third kappa shape index (κ3) is 3.38. The van der Waals surface area contributed by atoms with E-state index in [0.717, 1.165) is 31.2 Å². The van der Waals surface area contributed by atoms with Crippen LogP contribution in [0.3, 0.4) is 0 Å². The predicted molar refractivity (Wildman–Crippen MR) is 74.5 cm³/mol. The first-order valence-corrected chi connectivity index (χ1v) is 8.22. The van der Waals surface area contributed by atoms with Crippen LogP contribution in [0.1, 0.15) is 31.2 Å². The maximum absolute atomic E-state index is 12.0. The average molecular weight is 308 g/mol. The lowest BCUT2D eigenvalue weighted by Crippen LogP contribution is -2.32. The van der Waals surface area contributed by atoms with E-state index >= 15 is 0 Å². The quantitative estimate of drug-likeness (QED) is 0.927. The normalized spacial score (nSPS) is 17.2. The van der Waals surface area contributed by atoms with Crippen LogP contribution in [0.15, 0.2) is 18.2 Å². The Morgan fingerprint density at radius 3 is 2.50 bits per heavy atom. The number of halogens is 2. The first-order chi connectivity index (χ1) is 8.49. The standard InChI is InChI=1S/C12H15Cl2NO2S/c13-10-6-5-9(12(14)7-10)8-15-18(16,17)11-3-1-2-4-11/h5-7,11,15H,1-4,8H2. The Bertz CT molecular complexity index is 525. The molecule has 0 radical (unpaired) electrons. The highest BCUT2D eigenvalue weighted by Gasteiger charge is 2.28. The molecule has 1 aromatic rings. The van der Waals surface area contributed by atoms with Gasteiger partial charge in [0, 0.05) is 16.6 Å². The van der Waals surface area contributed by atoms with Crippen molar-refractivity contribution in [2.24, 2.45) is 0 Å². The second-order valence-electron chi connectivity index (χ2n) is 4.51. The molecule has 6 heteroatoms. The zero-order valence-corrected chi connectivity index (χ0v) is 12.2. The van der Waals surface area contributed by atoms with E-state index in [2.05, 4.69) is 4.72 Å². The maximum atomic E-state index is 12.0. The predicted octanol–water partition coefficient (Wildman–Crippen LogP) is 3.36. The molecular weight excluding hydrogens is 293 g/mol. The molecule has 100 valence electrons. The fourth-order valence-electron chi connectivity index (χ4n) is 2.16. The summed E-state index contributed by atoms with van der Waals surface area (Å²) in [4.78, 5) is 0. The first-order valence-electron chi connectivity index (χ1n) is 5.91. The monoisotopic (exact) mass is 307 g/mol. The van der Waals surface area contributed by atoms with Gasteiger partial charge in [-0.15, -0.1) is 0 Å². The van der Waals surface area contributed by atoms with Crippen LogP contribution >= 0.6 is 23.2 Å². The van der Waals surface area contributed by atoms with Gasteiger partial charge in [-0.05, 0) is 30.5 Å². The van der Waals surface area contributed by atoms with Crippen LogP contribution in [0.5, 0.6) is 0 Å². The molecule has 1 aliphatic carbocycles. The number of hydrogen-bond donors (Lipinski definition) is 1. The van der Waals surface area contributed by atoms with Crippen LogP contribution in [0, 0.1) is 0 Å². The zero-order chi connectivity index (χ0) is 13.2. The summed E-state index contributed by atoms with van der Waals surface area (Å²) in [6.07, 6.45) is 3.49. The van der Waals surface area contributed by atoms with Crippen LogP contribution in [0.2, 0.25) is 10.0 Å². The van der Waals surface area contributed by atoms with Gasteiger partial charge in [0.05, 0.1) is 5.25 Å². The number of sulfonamides is 1. The van der Waals surface area contributed by atoms with E-state index in [9.17, 15) is 8.42 Å². The first kappa shape index (κ1) is 14.1. The largest absolute Gasteiger partial charge is 0.214 e. The van der Waals surface area contributed by atoms with Gasteiger partial charge in [0.1, 0.15) is 0 Å². The third-order valence-electron chi connectivity index (χ3n) is 3.22. The van der Waals surface area contributed by atoms with E-state index in [4.69, 9.17) is 23.2 Å². The van der Waals surface area contributed by atoms with Gasteiger partial charge in [0.25, 0.3) is 0 Å². The maximum Gasteiger partial charge on any atom is 0.214 e. The van der Waals surface area contributed by atoms with Crippen molar-refractivity contribution in [3.8, 4) is 0 Å². The molecule has 18 heavy (non-hydrogen) atoms. The lowest BCUT2D eigenvalue weighted by Gasteiger charge is -2.13. The van der Waals surface area contributed by atoms with Gasteiger partial charge in [0.2, 0.25) is 10.0 Å². The Balaban J connectivity index is 2.02. The topological polar surface area (TPSA) is 46.2 Å². The Kier molecular flexibility index (Phi) is 4.54. The molecule has 0 heterocycles. The molecular formula is C12H15Cl2NO2S. The minimum absolute atomic E-state index is 0.217. The SMILES string of the molecule is O=S(=O)(NCc1ccc(Cl)cc1Cl)C1CCCC1. The summed E-state index contributed by atoms with van der Waals surface area (Å²) in [5.41, 5.74) is 0.739. The Labute approximate surface area is 118 Å². The summed E-state index contributed by atoms with van der Waals surface area (Å²) in [5.74, 6) is 0. The van der Waals surface area contributed by atoms with Crippen LogP contribution in [-0.2, 0) is 16.6 Å². The second-order valence-corrected chi connectivity index (χ2v) is 7.40. The number of benzene rings is 1. The van der Waals surface area contributed by atoms with Crippen molar-refractivity contribution in [1.82, 2.24) is 4.72 Å². The van der Waals surface area contributed by atoms with E-state index in [-0.39, 0.29) is 11.8 Å². The van der Waals surface area contributed by atoms with E-state index in [1.807, 2.05) is 0 Å². The highest BCUT2D eigenvalue weighted by atomic mass is 35.5. The number of rotatable bonds is 4. The lowest BCUT2D eigenvalue weighted by atomic mass is 10.2. The van der Waals surface area contributed by atoms with Gasteiger partial charge in [-0.1, -0.05) is 42.1 Å². The molecule has 0 atom stereocenters. The number of hydrogen-bond acceptors (Lipinski definition) is 2. The molecule has 1 aliphatic rings. The molecule has 0 saturated heterocycles. The summed E-state index contributed by atoms with van der Waals surface area (Å²) in [6, 6.07) is 5.05. The number of nitrogens with one attached hydrogen (secondary N) is 1. The molecule has 1 N–H and O–H groups in total. The molecule has 0 aliphatic heterocycles. The molecule has 0 spiro atoms. The molecule has 0 unspecified atom stereocenters. The molecule has 0 bridgehead atoms. The molecule has 2 rings (SSSR count). The van der Waals surface area contributed by atoms with Crippen molar-refractivity contribution in [1.29, 1.82) is 0 Å². The average Bonchev–Trinajstić information content (AvgIpc) is 2.82. The Morgan fingerprint density at radius 1 is 1.22 bits per heavy atom. The van der Waals surface area contributed by atoms with Crippen molar-refractivity contribution in [3.05, 3.63) is 33.8 Å². The Morgan fingerprint density at radius 2 is 1.89 bits per heavy atom. The summed E-state index contributed by atoms with van der Waals surface area (Å²) in [5, 5.41) is 0.780. The van der Waals surface area contributed by atoms with Gasteiger partial charge < -0.3 is 0 Å². The minimum atomic E-state index is -3.23. The van der Waals surface area contributed by atoms with E-state index < -0.39 is 10.0 Å². The highest BCUT2D eigenvalue weighted by molar-refractivity contribution is 7.90. The van der Waals surface area contributed by atoms with Gasteiger partial charge in [0.15, 0.2) is 0 Å². The summed E-state index contributed by atoms with van der Waals surface area (Å²) < 4.78 is 26.6. The van der Waals surface area contributed by atoms with Gasteiger partial charge in [-0.25, -0.2) is 13.1 Å². The summed E-state index contributed by atoms with van der Waals surface area (Å²) in [7, 11) is -3.23. The van der Waals surface area contributed by atoms with Crippen LogP contribution in [-0.4, -0.2) is 13.7 Å². The fraction of sp³-hybridized carbons (Fsp3) is 0.500. The van der Waals surface area contributed by atoms with Crippen molar-refractivity contribution < 1.29 is 8.42 Å². The Hall–Kier alpha value is -0.290. The molecule has 0 aromatic heterocycles. The third-order valence-corrected chi connectivity index (χ3v) is 5.70. The summed E-state index contributed by atoms with van der Waals surface area (Å²) in [6.45, 7) is 0.217. The lowest BCUT2D eigenvalue weighted by molar-refractivity contribution is 0.564. The van der Waals surface area contributed by atoms with Crippen LogP contribution in [0.25, 0.3) is 0 Å². The van der Waals surface area contributed by atoms with E-state index in [0.29, 0.717) is 10.0 Å². The van der Waals surface area contributed by atoms with Gasteiger partial charge >= 0.3 is 0 Å². The zero-order valence-electron chi connectivity index (χ0n) is 9.83.